The van der Waals surface area contributed by atoms with Gasteiger partial charge in [0.05, 0.1) is 11.1 Å². The van der Waals surface area contributed by atoms with Gasteiger partial charge in [0.25, 0.3) is 0 Å². The predicted octanol–water partition coefficient (Wildman–Crippen LogP) is 3.15. The number of anilines is 1. The van der Waals surface area contributed by atoms with E-state index in [0.717, 1.165) is 16.6 Å². The predicted molar refractivity (Wildman–Crippen MR) is 115 cm³/mol. The zero-order valence-electron chi connectivity index (χ0n) is 16.6. The van der Waals surface area contributed by atoms with Crippen LogP contribution in [0.1, 0.15) is 12.6 Å². The molecule has 3 N–H and O–H groups in total. The first-order valence-electron chi connectivity index (χ1n) is 9.66. The third kappa shape index (κ3) is 4.72. The van der Waals surface area contributed by atoms with E-state index in [-0.39, 0.29) is 5.91 Å². The molecule has 152 valence electrons. The molecule has 3 heterocycles. The van der Waals surface area contributed by atoms with Crippen LogP contribution >= 0.6 is 0 Å². The van der Waals surface area contributed by atoms with Gasteiger partial charge in [-0.3, -0.25) is 4.79 Å². The molecule has 8 heteroatoms. The first-order valence-corrected chi connectivity index (χ1v) is 9.66. The molecular weight excluding hydrogens is 380 g/mol. The zero-order chi connectivity index (χ0) is 20.8. The Morgan fingerprint density at radius 3 is 2.67 bits per heavy atom. The van der Waals surface area contributed by atoms with Crippen molar-refractivity contribution in [2.45, 2.75) is 13.5 Å². The van der Waals surface area contributed by atoms with Crippen molar-refractivity contribution in [3.63, 3.8) is 0 Å². The van der Waals surface area contributed by atoms with E-state index < -0.39 is 0 Å². The molecule has 0 spiro atoms. The lowest BCUT2D eigenvalue weighted by Gasteiger charge is -2.09. The van der Waals surface area contributed by atoms with Crippen molar-refractivity contribution in [3.8, 4) is 17.3 Å². The quantitative estimate of drug-likeness (QED) is 0.391. The Morgan fingerprint density at radius 1 is 1.07 bits per heavy atom. The summed E-state index contributed by atoms with van der Waals surface area (Å²) in [6, 6.07) is 17.3. The fraction of sp³-hybridized carbons (Fsp3) is 0.182. The summed E-state index contributed by atoms with van der Waals surface area (Å²) in [5, 5.41) is 6.93. The molecule has 0 saturated carbocycles. The summed E-state index contributed by atoms with van der Waals surface area (Å²) < 4.78 is 5.74. The van der Waals surface area contributed by atoms with E-state index in [2.05, 4.69) is 20.6 Å². The van der Waals surface area contributed by atoms with E-state index in [9.17, 15) is 4.79 Å². The van der Waals surface area contributed by atoms with Gasteiger partial charge in [-0.25, -0.2) is 15.0 Å². The molecule has 0 aliphatic heterocycles. The number of amides is 1. The van der Waals surface area contributed by atoms with Crippen LogP contribution < -0.4 is 15.4 Å². The molecule has 8 nitrogen and oxygen atoms in total. The standard InChI is InChI=1S/C22H22N6O2/c1-15(29)23-11-12-25-21-18-13-17(14-30-19-9-5-6-10-24-19)26-22(18)28-20(27-21)16-7-3-2-4-8-16/h2-10,13H,11-12,14H2,1H3,(H,23,29)(H2,25,26,27,28). The molecule has 0 aliphatic rings. The van der Waals surface area contributed by atoms with Crippen molar-refractivity contribution < 1.29 is 9.53 Å². The van der Waals surface area contributed by atoms with Gasteiger partial charge in [-0.05, 0) is 12.1 Å². The monoisotopic (exact) mass is 402 g/mol. The molecule has 0 unspecified atom stereocenters. The normalized spacial score (nSPS) is 10.7. The lowest BCUT2D eigenvalue weighted by Crippen LogP contribution is -2.26. The number of benzene rings is 1. The van der Waals surface area contributed by atoms with E-state index in [1.165, 1.54) is 6.92 Å². The van der Waals surface area contributed by atoms with Crippen molar-refractivity contribution in [2.75, 3.05) is 18.4 Å². The van der Waals surface area contributed by atoms with Crippen LogP contribution in [-0.4, -0.2) is 38.9 Å². The van der Waals surface area contributed by atoms with Gasteiger partial charge >= 0.3 is 0 Å². The van der Waals surface area contributed by atoms with E-state index in [1.54, 1.807) is 6.20 Å². The second-order valence-corrected chi connectivity index (χ2v) is 6.69. The van der Waals surface area contributed by atoms with Gasteiger partial charge < -0.3 is 20.4 Å². The molecule has 1 amide bonds. The van der Waals surface area contributed by atoms with Crippen LogP contribution in [0.15, 0.2) is 60.8 Å². The zero-order valence-corrected chi connectivity index (χ0v) is 16.6. The van der Waals surface area contributed by atoms with E-state index in [1.807, 2.05) is 54.6 Å². The molecule has 0 fully saturated rings. The molecule has 0 radical (unpaired) electrons. The fourth-order valence-electron chi connectivity index (χ4n) is 3.00. The van der Waals surface area contributed by atoms with E-state index >= 15 is 0 Å². The number of rotatable bonds is 8. The van der Waals surface area contributed by atoms with Crippen molar-refractivity contribution in [3.05, 3.63) is 66.5 Å². The van der Waals surface area contributed by atoms with Crippen LogP contribution in [0.4, 0.5) is 5.82 Å². The average molecular weight is 402 g/mol. The van der Waals surface area contributed by atoms with Crippen molar-refractivity contribution in [2.24, 2.45) is 0 Å². The maximum Gasteiger partial charge on any atom is 0.216 e. The van der Waals surface area contributed by atoms with Gasteiger partial charge in [0, 0.05) is 37.8 Å². The van der Waals surface area contributed by atoms with Crippen molar-refractivity contribution >= 4 is 22.8 Å². The largest absolute Gasteiger partial charge is 0.471 e. The highest BCUT2D eigenvalue weighted by Crippen LogP contribution is 2.26. The second-order valence-electron chi connectivity index (χ2n) is 6.69. The fourth-order valence-corrected chi connectivity index (χ4v) is 3.00. The summed E-state index contributed by atoms with van der Waals surface area (Å²) in [7, 11) is 0. The lowest BCUT2D eigenvalue weighted by atomic mass is 10.2. The Morgan fingerprint density at radius 2 is 1.90 bits per heavy atom. The summed E-state index contributed by atoms with van der Waals surface area (Å²) in [4.78, 5) is 28.0. The van der Waals surface area contributed by atoms with Gasteiger partial charge in [0.15, 0.2) is 5.82 Å². The molecule has 0 atom stereocenters. The Balaban J connectivity index is 1.61. The van der Waals surface area contributed by atoms with E-state index in [0.29, 0.717) is 42.9 Å². The molecule has 30 heavy (non-hydrogen) atoms. The number of hydrogen-bond acceptors (Lipinski definition) is 6. The van der Waals surface area contributed by atoms with Crippen LogP contribution in [0.25, 0.3) is 22.4 Å². The number of carbonyl (C=O) groups excluding carboxylic acids is 1. The van der Waals surface area contributed by atoms with E-state index in [4.69, 9.17) is 14.7 Å². The summed E-state index contributed by atoms with van der Waals surface area (Å²) in [6.07, 6.45) is 1.69. The molecule has 1 aromatic carbocycles. The van der Waals surface area contributed by atoms with Gasteiger partial charge in [0.2, 0.25) is 11.8 Å². The van der Waals surface area contributed by atoms with Crippen LogP contribution in [0.2, 0.25) is 0 Å². The number of H-pyrrole nitrogens is 1. The smallest absolute Gasteiger partial charge is 0.216 e. The van der Waals surface area contributed by atoms with Gasteiger partial charge in [-0.15, -0.1) is 0 Å². The molecule has 0 bridgehead atoms. The molecule has 0 saturated heterocycles. The summed E-state index contributed by atoms with van der Waals surface area (Å²) >= 11 is 0. The van der Waals surface area contributed by atoms with Crippen LogP contribution in [0.5, 0.6) is 5.88 Å². The molecular formula is C22H22N6O2. The maximum atomic E-state index is 11.1. The molecule has 0 aliphatic carbocycles. The number of carbonyl (C=O) groups is 1. The lowest BCUT2D eigenvalue weighted by molar-refractivity contribution is -0.118. The third-order valence-electron chi connectivity index (χ3n) is 4.38. The number of nitrogens with zero attached hydrogens (tertiary/aromatic N) is 3. The number of pyridine rings is 1. The van der Waals surface area contributed by atoms with Crippen molar-refractivity contribution in [1.29, 1.82) is 0 Å². The van der Waals surface area contributed by atoms with Gasteiger partial charge in [-0.1, -0.05) is 36.4 Å². The number of fused-ring (bicyclic) bond motifs is 1. The van der Waals surface area contributed by atoms with Gasteiger partial charge in [0.1, 0.15) is 18.1 Å². The number of aromatic amines is 1. The second kappa shape index (κ2) is 9.04. The number of hydrogen-bond donors (Lipinski definition) is 3. The number of ether oxygens (including phenoxy) is 1. The highest BCUT2D eigenvalue weighted by atomic mass is 16.5. The number of aromatic nitrogens is 4. The summed E-state index contributed by atoms with van der Waals surface area (Å²) in [5.74, 6) is 1.81. The SMILES string of the molecule is CC(=O)NCCNc1nc(-c2ccccc2)nc2[nH]c(COc3ccccn3)cc12. The summed E-state index contributed by atoms with van der Waals surface area (Å²) in [5.41, 5.74) is 2.50. The molecule has 3 aromatic heterocycles. The Labute approximate surface area is 173 Å². The topological polar surface area (TPSA) is 105 Å². The minimum Gasteiger partial charge on any atom is -0.471 e. The highest BCUT2D eigenvalue weighted by molar-refractivity contribution is 5.89. The minimum absolute atomic E-state index is 0.0646. The van der Waals surface area contributed by atoms with Gasteiger partial charge in [-0.2, -0.15) is 0 Å². The third-order valence-corrected chi connectivity index (χ3v) is 4.38. The highest BCUT2D eigenvalue weighted by Gasteiger charge is 2.13. The Bertz CT molecular complexity index is 1130. The first kappa shape index (κ1) is 19.4. The number of nitrogens with one attached hydrogen (secondary N) is 3. The van der Waals surface area contributed by atoms with Crippen molar-refractivity contribution in [1.82, 2.24) is 25.3 Å². The Hall–Kier alpha value is -3.94. The Kier molecular flexibility index (Phi) is 5.84. The first-order chi connectivity index (χ1) is 14.7. The van der Waals surface area contributed by atoms with Crippen LogP contribution in [0.3, 0.4) is 0 Å². The molecule has 4 rings (SSSR count). The minimum atomic E-state index is -0.0646. The molecule has 4 aromatic rings. The van der Waals surface area contributed by atoms with Crippen LogP contribution in [-0.2, 0) is 11.4 Å². The maximum absolute atomic E-state index is 11.1. The van der Waals surface area contributed by atoms with Crippen LogP contribution in [0, 0.1) is 0 Å². The summed E-state index contributed by atoms with van der Waals surface area (Å²) in [6.45, 7) is 2.88. The average Bonchev–Trinajstić information content (AvgIpc) is 3.19.